The van der Waals surface area contributed by atoms with E-state index >= 15 is 0 Å². The summed E-state index contributed by atoms with van der Waals surface area (Å²) < 4.78 is 22.0. The van der Waals surface area contributed by atoms with Gasteiger partial charge < -0.3 is 15.0 Å². The summed E-state index contributed by atoms with van der Waals surface area (Å²) >= 11 is 3.73. The SMILES string of the molecule is COc1ccc(I)c(Sc2nc3c(N)nc(F)nc3n2CCC=C(C)C)c1. The van der Waals surface area contributed by atoms with E-state index in [1.54, 1.807) is 7.11 Å². The molecule has 2 aromatic heterocycles. The number of aryl methyl sites for hydroxylation is 1. The van der Waals surface area contributed by atoms with E-state index in [9.17, 15) is 4.39 Å². The van der Waals surface area contributed by atoms with Crippen molar-refractivity contribution in [1.29, 1.82) is 0 Å². The van der Waals surface area contributed by atoms with E-state index in [1.807, 2.05) is 36.6 Å². The van der Waals surface area contributed by atoms with E-state index in [4.69, 9.17) is 10.5 Å². The van der Waals surface area contributed by atoms with Crippen molar-refractivity contribution >= 4 is 51.3 Å². The van der Waals surface area contributed by atoms with Crippen LogP contribution in [0.4, 0.5) is 10.2 Å². The first-order valence-corrected chi connectivity index (χ1v) is 10.1. The van der Waals surface area contributed by atoms with Crippen molar-refractivity contribution in [3.05, 3.63) is 39.5 Å². The number of rotatable bonds is 6. The number of methoxy groups -OCH3 is 1. The van der Waals surface area contributed by atoms with E-state index in [2.05, 4.69) is 43.6 Å². The molecule has 3 aromatic rings. The molecule has 2 heterocycles. The average molecular weight is 499 g/mol. The fourth-order valence-electron chi connectivity index (χ4n) is 2.52. The van der Waals surface area contributed by atoms with Crippen LogP contribution in [0.25, 0.3) is 11.2 Å². The first-order chi connectivity index (χ1) is 12.9. The number of anilines is 1. The standard InChI is InChI=1S/C18H19FIN5OS/c1-10(2)5-4-8-25-16-14(15(21)23-17(19)24-16)22-18(25)27-13-9-11(26-3)6-7-12(13)20/h5-7,9H,4,8H2,1-3H3,(H2,21,23,24). The monoisotopic (exact) mass is 499 g/mol. The molecule has 0 amide bonds. The molecule has 9 heteroatoms. The number of nitrogens with two attached hydrogens (primary N) is 1. The van der Waals surface area contributed by atoms with Gasteiger partial charge in [0.25, 0.3) is 0 Å². The minimum atomic E-state index is -0.851. The van der Waals surface area contributed by atoms with Gasteiger partial charge in [0.15, 0.2) is 22.1 Å². The van der Waals surface area contributed by atoms with Gasteiger partial charge >= 0.3 is 6.08 Å². The number of imidazole rings is 1. The van der Waals surface area contributed by atoms with Crippen LogP contribution in [0, 0.1) is 9.65 Å². The molecule has 0 saturated heterocycles. The van der Waals surface area contributed by atoms with Gasteiger partial charge in [-0.3, -0.25) is 0 Å². The highest BCUT2D eigenvalue weighted by molar-refractivity contribution is 14.1. The Morgan fingerprint density at radius 1 is 1.33 bits per heavy atom. The summed E-state index contributed by atoms with van der Waals surface area (Å²) in [4.78, 5) is 13.1. The molecular weight excluding hydrogens is 480 g/mol. The Labute approximate surface area is 174 Å². The van der Waals surface area contributed by atoms with Crippen molar-refractivity contribution < 1.29 is 9.13 Å². The zero-order valence-corrected chi connectivity index (χ0v) is 18.1. The Kier molecular flexibility index (Phi) is 6.20. The topological polar surface area (TPSA) is 78.8 Å². The number of ether oxygens (including phenoxy) is 1. The molecule has 0 radical (unpaired) electrons. The average Bonchev–Trinajstić information content (AvgIpc) is 2.94. The lowest BCUT2D eigenvalue weighted by Gasteiger charge is -2.09. The Morgan fingerprint density at radius 3 is 2.81 bits per heavy atom. The van der Waals surface area contributed by atoms with E-state index in [0.29, 0.717) is 22.9 Å². The summed E-state index contributed by atoms with van der Waals surface area (Å²) in [6.45, 7) is 4.70. The third-order valence-electron chi connectivity index (χ3n) is 3.80. The number of benzene rings is 1. The largest absolute Gasteiger partial charge is 0.497 e. The minimum absolute atomic E-state index is 0.0423. The van der Waals surface area contributed by atoms with Gasteiger partial charge in [0.05, 0.1) is 7.11 Å². The van der Waals surface area contributed by atoms with Gasteiger partial charge in [-0.1, -0.05) is 23.4 Å². The molecule has 142 valence electrons. The van der Waals surface area contributed by atoms with Crippen LogP contribution in [0.15, 0.2) is 39.9 Å². The molecule has 0 atom stereocenters. The van der Waals surface area contributed by atoms with Gasteiger partial charge in [-0.15, -0.1) is 0 Å². The maximum atomic E-state index is 13.7. The third kappa shape index (κ3) is 4.52. The van der Waals surface area contributed by atoms with Gasteiger partial charge in [0.2, 0.25) is 0 Å². The van der Waals surface area contributed by atoms with Crippen LogP contribution in [0.2, 0.25) is 0 Å². The zero-order chi connectivity index (χ0) is 19.6. The van der Waals surface area contributed by atoms with Gasteiger partial charge in [0.1, 0.15) is 5.75 Å². The van der Waals surface area contributed by atoms with Gasteiger partial charge in [-0.2, -0.15) is 14.4 Å². The number of aromatic nitrogens is 4. The molecule has 0 aliphatic rings. The van der Waals surface area contributed by atoms with Crippen LogP contribution < -0.4 is 10.5 Å². The molecular formula is C18H19FIN5OS. The molecule has 0 bridgehead atoms. The second-order valence-corrected chi connectivity index (χ2v) is 8.24. The second-order valence-electron chi connectivity index (χ2n) is 6.06. The number of hydrogen-bond acceptors (Lipinski definition) is 6. The summed E-state index contributed by atoms with van der Waals surface area (Å²) in [6, 6.07) is 5.83. The minimum Gasteiger partial charge on any atom is -0.497 e. The number of nitrogens with zero attached hydrogens (tertiary/aromatic N) is 4. The summed E-state index contributed by atoms with van der Waals surface area (Å²) in [5.41, 5.74) is 7.91. The third-order valence-corrected chi connectivity index (χ3v) is 6.16. The highest BCUT2D eigenvalue weighted by atomic mass is 127. The van der Waals surface area contributed by atoms with E-state index in [0.717, 1.165) is 20.6 Å². The number of allylic oxidation sites excluding steroid dienone is 2. The predicted molar refractivity (Wildman–Crippen MR) is 114 cm³/mol. The van der Waals surface area contributed by atoms with Gasteiger partial charge in [-0.05, 0) is 61.1 Å². The van der Waals surface area contributed by atoms with E-state index < -0.39 is 6.08 Å². The fourth-order valence-corrected chi connectivity index (χ4v) is 4.15. The highest BCUT2D eigenvalue weighted by Crippen LogP contribution is 2.35. The number of fused-ring (bicyclic) bond motifs is 1. The van der Waals surface area contributed by atoms with Crippen LogP contribution in [0.3, 0.4) is 0 Å². The van der Waals surface area contributed by atoms with Gasteiger partial charge in [0, 0.05) is 15.0 Å². The molecule has 0 aliphatic heterocycles. The van der Waals surface area contributed by atoms with E-state index in [-0.39, 0.29) is 5.82 Å². The number of nitrogen functional groups attached to an aromatic ring is 1. The summed E-state index contributed by atoms with van der Waals surface area (Å²) in [7, 11) is 1.63. The van der Waals surface area contributed by atoms with Crippen molar-refractivity contribution in [3.8, 4) is 5.75 Å². The summed E-state index contributed by atoms with van der Waals surface area (Å²) in [5, 5.41) is 0.685. The summed E-state index contributed by atoms with van der Waals surface area (Å²) in [6.07, 6.45) is 2.05. The van der Waals surface area contributed by atoms with Crippen molar-refractivity contribution in [2.45, 2.75) is 36.9 Å². The predicted octanol–water partition coefficient (Wildman–Crippen LogP) is 4.67. The van der Waals surface area contributed by atoms with Gasteiger partial charge in [-0.25, -0.2) is 4.98 Å². The Hall–Kier alpha value is -1.88. The van der Waals surface area contributed by atoms with Crippen molar-refractivity contribution in [2.75, 3.05) is 12.8 Å². The Balaban J connectivity index is 2.08. The van der Waals surface area contributed by atoms with Crippen molar-refractivity contribution in [2.24, 2.45) is 0 Å². The second kappa shape index (κ2) is 8.42. The quantitative estimate of drug-likeness (QED) is 0.302. The molecule has 0 unspecified atom stereocenters. The van der Waals surface area contributed by atoms with Crippen LogP contribution >= 0.6 is 34.4 Å². The molecule has 3 rings (SSSR count). The lowest BCUT2D eigenvalue weighted by Crippen LogP contribution is -2.03. The molecule has 0 aliphatic carbocycles. The maximum absolute atomic E-state index is 13.7. The lowest BCUT2D eigenvalue weighted by molar-refractivity contribution is 0.413. The summed E-state index contributed by atoms with van der Waals surface area (Å²) in [5.74, 6) is 0.802. The van der Waals surface area contributed by atoms with Crippen molar-refractivity contribution in [1.82, 2.24) is 19.5 Å². The first kappa shape index (κ1) is 19.9. The fraction of sp³-hybridized carbons (Fsp3) is 0.278. The smallest absolute Gasteiger partial charge is 0.312 e. The molecule has 27 heavy (non-hydrogen) atoms. The van der Waals surface area contributed by atoms with E-state index in [1.165, 1.54) is 17.3 Å². The van der Waals surface area contributed by atoms with Crippen LogP contribution in [-0.2, 0) is 6.54 Å². The molecule has 6 nitrogen and oxygen atoms in total. The Morgan fingerprint density at radius 2 is 2.11 bits per heavy atom. The molecule has 0 saturated carbocycles. The van der Waals surface area contributed by atoms with Crippen LogP contribution in [0.1, 0.15) is 20.3 Å². The molecule has 1 aromatic carbocycles. The molecule has 2 N–H and O–H groups in total. The number of halogens is 2. The highest BCUT2D eigenvalue weighted by Gasteiger charge is 2.18. The van der Waals surface area contributed by atoms with Crippen LogP contribution in [0.5, 0.6) is 5.75 Å². The molecule has 0 fully saturated rings. The maximum Gasteiger partial charge on any atom is 0.312 e. The number of hydrogen-bond donors (Lipinski definition) is 1. The normalized spacial score (nSPS) is 11.0. The molecule has 0 spiro atoms. The van der Waals surface area contributed by atoms with Crippen LogP contribution in [-0.4, -0.2) is 26.6 Å². The zero-order valence-electron chi connectivity index (χ0n) is 15.2. The lowest BCUT2D eigenvalue weighted by atomic mass is 10.3. The van der Waals surface area contributed by atoms with Crippen molar-refractivity contribution in [3.63, 3.8) is 0 Å². The first-order valence-electron chi connectivity index (χ1n) is 8.23. The Bertz CT molecular complexity index is 1020.